The first kappa shape index (κ1) is 76.7. The number of ether oxygens (including phenoxy) is 6. The molecule has 17 unspecified atom stereocenters. The molecule has 12 N–H and O–H groups in total. The van der Waals surface area contributed by atoms with E-state index in [-0.39, 0.29) is 18.9 Å². The van der Waals surface area contributed by atoms with E-state index in [0.29, 0.717) is 6.42 Å². The van der Waals surface area contributed by atoms with Gasteiger partial charge in [0.2, 0.25) is 5.91 Å². The Kier molecular flexibility index (Phi) is 43.1. The normalized spacial score (nSPS) is 29.5. The van der Waals surface area contributed by atoms with E-state index in [1.54, 1.807) is 6.08 Å². The summed E-state index contributed by atoms with van der Waals surface area (Å²) >= 11 is 0. The third-order valence-corrected chi connectivity index (χ3v) is 15.3. The fourth-order valence-corrected chi connectivity index (χ4v) is 10.1. The Labute approximate surface area is 513 Å². The van der Waals surface area contributed by atoms with Crippen molar-refractivity contribution in [3.8, 4) is 0 Å². The number of allylic oxidation sites excluding steroid dienone is 17. The van der Waals surface area contributed by atoms with Crippen LogP contribution in [-0.4, -0.2) is 193 Å². The van der Waals surface area contributed by atoms with Crippen LogP contribution in [0.15, 0.2) is 109 Å². The van der Waals surface area contributed by atoms with Gasteiger partial charge in [0, 0.05) is 6.42 Å². The van der Waals surface area contributed by atoms with Crippen LogP contribution in [0.25, 0.3) is 0 Å². The molecular formula is C67H111NO18. The molecule has 3 rings (SSSR count). The van der Waals surface area contributed by atoms with Gasteiger partial charge in [0.05, 0.1) is 38.6 Å². The minimum absolute atomic E-state index is 0.206. The van der Waals surface area contributed by atoms with Crippen molar-refractivity contribution in [2.75, 3.05) is 26.4 Å². The summed E-state index contributed by atoms with van der Waals surface area (Å²) in [5.74, 6) is -0.307. The zero-order valence-corrected chi connectivity index (χ0v) is 51.5. The molecule has 0 aromatic carbocycles. The minimum Gasteiger partial charge on any atom is -0.394 e. The van der Waals surface area contributed by atoms with Gasteiger partial charge >= 0.3 is 0 Å². The monoisotopic (exact) mass is 1220 g/mol. The van der Waals surface area contributed by atoms with Crippen LogP contribution in [0, 0.1) is 0 Å². The second-order valence-electron chi connectivity index (χ2n) is 22.5. The van der Waals surface area contributed by atoms with Crippen molar-refractivity contribution in [1.82, 2.24) is 5.32 Å². The number of aliphatic hydroxyl groups is 11. The number of unbranched alkanes of at least 4 members (excludes halogenated alkanes) is 14. The van der Waals surface area contributed by atoms with E-state index in [4.69, 9.17) is 28.4 Å². The van der Waals surface area contributed by atoms with Crippen LogP contribution >= 0.6 is 0 Å². The largest absolute Gasteiger partial charge is 0.394 e. The first-order chi connectivity index (χ1) is 41.8. The van der Waals surface area contributed by atoms with Crippen LogP contribution in [0.2, 0.25) is 0 Å². The van der Waals surface area contributed by atoms with Gasteiger partial charge in [0.15, 0.2) is 18.9 Å². The molecule has 0 bridgehead atoms. The number of aliphatic hydroxyl groups excluding tert-OH is 11. The number of carbonyl (C=O) groups excluding carboxylic acids is 1. The maximum Gasteiger partial charge on any atom is 0.220 e. The van der Waals surface area contributed by atoms with Gasteiger partial charge in [-0.3, -0.25) is 4.79 Å². The SMILES string of the molecule is CC/C=C\C/C=C\C/C=C\C/C=C\C/C=C\C/C=C\C/C=C\C/C=C\CCCCCCC(=O)NC(COC1OC(CO)C(OC2OC(CO)C(OC3OC(CO)C(O)C(O)C3O)C(O)C2O)C(O)C1O)C(O)/C=C/CCCCCCCCCCCC. The summed E-state index contributed by atoms with van der Waals surface area (Å²) in [7, 11) is 0. The van der Waals surface area contributed by atoms with E-state index in [2.05, 4.69) is 116 Å². The van der Waals surface area contributed by atoms with Gasteiger partial charge in [-0.25, -0.2) is 0 Å². The predicted molar refractivity (Wildman–Crippen MR) is 332 cm³/mol. The zero-order chi connectivity index (χ0) is 62.6. The van der Waals surface area contributed by atoms with Crippen LogP contribution in [0.4, 0.5) is 0 Å². The van der Waals surface area contributed by atoms with E-state index in [1.807, 2.05) is 6.08 Å². The highest BCUT2D eigenvalue weighted by molar-refractivity contribution is 5.76. The van der Waals surface area contributed by atoms with E-state index in [9.17, 15) is 61.0 Å². The molecule has 1 amide bonds. The molecule has 0 spiro atoms. The van der Waals surface area contributed by atoms with Crippen molar-refractivity contribution in [3.63, 3.8) is 0 Å². The molecule has 0 aromatic heterocycles. The Morgan fingerprint density at radius 1 is 0.430 bits per heavy atom. The summed E-state index contributed by atoms with van der Waals surface area (Å²) in [6, 6.07) is -0.994. The molecule has 3 heterocycles. The average molecular weight is 1220 g/mol. The topological polar surface area (TPSA) is 307 Å². The first-order valence-electron chi connectivity index (χ1n) is 32.1. The highest BCUT2D eigenvalue weighted by Crippen LogP contribution is 2.33. The molecular weight excluding hydrogens is 1110 g/mol. The molecule has 3 saturated heterocycles. The van der Waals surface area contributed by atoms with E-state index in [1.165, 1.54) is 44.9 Å². The van der Waals surface area contributed by atoms with Gasteiger partial charge in [0.25, 0.3) is 0 Å². The Balaban J connectivity index is 1.44. The zero-order valence-electron chi connectivity index (χ0n) is 51.5. The summed E-state index contributed by atoms with van der Waals surface area (Å²) in [6.45, 7) is 1.55. The second-order valence-corrected chi connectivity index (χ2v) is 22.5. The van der Waals surface area contributed by atoms with Gasteiger partial charge in [-0.05, 0) is 83.5 Å². The smallest absolute Gasteiger partial charge is 0.220 e. The van der Waals surface area contributed by atoms with Crippen molar-refractivity contribution >= 4 is 5.91 Å². The van der Waals surface area contributed by atoms with Gasteiger partial charge in [-0.1, -0.05) is 194 Å². The quantitative estimate of drug-likeness (QED) is 0.0214. The second kappa shape index (κ2) is 48.3. The van der Waals surface area contributed by atoms with Crippen LogP contribution in [0.1, 0.15) is 174 Å². The lowest BCUT2D eigenvalue weighted by Gasteiger charge is -2.48. The maximum atomic E-state index is 13.3. The predicted octanol–water partition coefficient (Wildman–Crippen LogP) is 7.10. The molecule has 3 fully saturated rings. The van der Waals surface area contributed by atoms with Gasteiger partial charge in [0.1, 0.15) is 73.2 Å². The fourth-order valence-electron chi connectivity index (χ4n) is 10.1. The molecule has 492 valence electrons. The van der Waals surface area contributed by atoms with Crippen molar-refractivity contribution in [1.29, 1.82) is 0 Å². The minimum atomic E-state index is -1.99. The van der Waals surface area contributed by atoms with E-state index >= 15 is 0 Å². The highest BCUT2D eigenvalue weighted by atomic mass is 16.8. The molecule has 0 aromatic rings. The van der Waals surface area contributed by atoms with Crippen molar-refractivity contribution in [2.45, 2.75) is 279 Å². The molecule has 3 aliphatic heterocycles. The average Bonchev–Trinajstić information content (AvgIpc) is 2.62. The summed E-state index contributed by atoms with van der Waals surface area (Å²) in [5.41, 5.74) is 0. The summed E-state index contributed by atoms with van der Waals surface area (Å²) < 4.78 is 34.2. The Morgan fingerprint density at radius 3 is 1.26 bits per heavy atom. The number of carbonyl (C=O) groups is 1. The van der Waals surface area contributed by atoms with Crippen molar-refractivity contribution in [2.24, 2.45) is 0 Å². The van der Waals surface area contributed by atoms with E-state index in [0.717, 1.165) is 103 Å². The van der Waals surface area contributed by atoms with Gasteiger partial charge < -0.3 is 89.9 Å². The standard InChI is InChI=1S/C67H111NO18/c1-3-5-7-9-11-13-15-17-18-19-20-21-22-23-24-25-26-27-28-29-30-31-32-33-35-37-39-41-43-45-55(73)68-50(51(72)44-42-40-38-36-34-16-14-12-10-8-6-4-2)49-81-65-61(79)58(76)63(53(47-70)83-65)86-67-62(80)59(77)64(54(48-71)84-67)85-66-60(78)57(75)56(74)52(46-69)82-66/h5,7,11,13,17-18,20-21,23-24,26-27,29-30,32-33,42,44,50-54,56-67,69-72,74-80H,3-4,6,8-10,12,14-16,19,22,25,28,31,34-41,43,45-49H2,1-2H3,(H,68,73)/b7-5-,13-11-,18-17-,21-20-,24-23-,27-26-,30-29-,33-32-,44-42+. The van der Waals surface area contributed by atoms with Crippen LogP contribution in [-0.2, 0) is 33.2 Å². The molecule has 19 nitrogen and oxygen atoms in total. The lowest BCUT2D eigenvalue weighted by atomic mass is 9.96. The highest BCUT2D eigenvalue weighted by Gasteiger charge is 2.53. The molecule has 0 saturated carbocycles. The molecule has 0 aliphatic carbocycles. The summed E-state index contributed by atoms with van der Waals surface area (Å²) in [6.07, 6.45) is 36.4. The molecule has 19 heteroatoms. The number of hydrogen-bond donors (Lipinski definition) is 12. The van der Waals surface area contributed by atoms with Crippen LogP contribution < -0.4 is 5.32 Å². The number of nitrogens with one attached hydrogen (secondary N) is 1. The third kappa shape index (κ3) is 30.8. The summed E-state index contributed by atoms with van der Waals surface area (Å²) in [5, 5.41) is 120. The van der Waals surface area contributed by atoms with Crippen LogP contribution in [0.3, 0.4) is 0 Å². The first-order valence-corrected chi connectivity index (χ1v) is 32.1. The Morgan fingerprint density at radius 2 is 0.802 bits per heavy atom. The lowest BCUT2D eigenvalue weighted by Crippen LogP contribution is -2.66. The maximum absolute atomic E-state index is 13.3. The molecule has 86 heavy (non-hydrogen) atoms. The molecule has 0 radical (unpaired) electrons. The van der Waals surface area contributed by atoms with Gasteiger partial charge in [-0.15, -0.1) is 0 Å². The number of hydrogen-bond acceptors (Lipinski definition) is 18. The lowest BCUT2D eigenvalue weighted by molar-refractivity contribution is -0.379. The molecule has 3 aliphatic rings. The fraction of sp³-hybridized carbons (Fsp3) is 0.716. The third-order valence-electron chi connectivity index (χ3n) is 15.3. The van der Waals surface area contributed by atoms with Gasteiger partial charge in [-0.2, -0.15) is 0 Å². The Bertz CT molecular complexity index is 1990. The molecule has 17 atom stereocenters. The summed E-state index contributed by atoms with van der Waals surface area (Å²) in [4.78, 5) is 13.3. The van der Waals surface area contributed by atoms with Crippen molar-refractivity contribution in [3.05, 3.63) is 109 Å². The van der Waals surface area contributed by atoms with Crippen molar-refractivity contribution < 1.29 is 89.4 Å². The Hall–Kier alpha value is -3.55. The number of amides is 1. The number of rotatable bonds is 46. The van der Waals surface area contributed by atoms with Crippen LogP contribution in [0.5, 0.6) is 0 Å². The van der Waals surface area contributed by atoms with E-state index < -0.39 is 124 Å².